The zero-order valence-corrected chi connectivity index (χ0v) is 15.5. The van der Waals surface area contributed by atoms with Crippen LogP contribution in [0.2, 0.25) is 0 Å². The van der Waals surface area contributed by atoms with Gasteiger partial charge in [-0.25, -0.2) is 4.79 Å². The van der Waals surface area contributed by atoms with Gasteiger partial charge in [-0.3, -0.25) is 4.68 Å². The Morgan fingerprint density at radius 3 is 2.83 bits per heavy atom. The summed E-state index contributed by atoms with van der Waals surface area (Å²) in [7, 11) is 1.86. The van der Waals surface area contributed by atoms with Crippen LogP contribution in [0.25, 0.3) is 0 Å². The molecule has 24 heavy (non-hydrogen) atoms. The molecule has 1 amide bonds. The molecule has 1 aliphatic heterocycles. The lowest BCUT2D eigenvalue weighted by Gasteiger charge is -2.30. The predicted molar refractivity (Wildman–Crippen MR) is 98.0 cm³/mol. The van der Waals surface area contributed by atoms with E-state index in [1.807, 2.05) is 27.8 Å². The van der Waals surface area contributed by atoms with Crippen LogP contribution in [-0.2, 0) is 24.8 Å². The zero-order valence-electron chi connectivity index (χ0n) is 14.7. The summed E-state index contributed by atoms with van der Waals surface area (Å²) in [5.74, 6) is 0.792. The van der Waals surface area contributed by atoms with Gasteiger partial charge in [0, 0.05) is 32.1 Å². The first-order valence-electron chi connectivity index (χ1n) is 7.89. The number of rotatable bonds is 3. The highest BCUT2D eigenvalue weighted by atomic mass is 32.1. The molecule has 0 saturated heterocycles. The molecule has 0 saturated carbocycles. The smallest absolute Gasteiger partial charge is 0.410 e. The van der Waals surface area contributed by atoms with Gasteiger partial charge in [0.05, 0.1) is 12.2 Å². The number of ether oxygens (including phenoxy) is 1. The summed E-state index contributed by atoms with van der Waals surface area (Å²) >= 11 is 5.27. The predicted octanol–water partition coefficient (Wildman–Crippen LogP) is 2.19. The van der Waals surface area contributed by atoms with E-state index in [9.17, 15) is 4.79 Å². The second-order valence-electron chi connectivity index (χ2n) is 6.67. The molecule has 0 fully saturated rings. The van der Waals surface area contributed by atoms with E-state index < -0.39 is 5.60 Å². The number of amides is 1. The number of fused-ring (bicyclic) bond motifs is 1. The molecule has 0 unspecified atom stereocenters. The number of thiocarbonyl (C=S) groups is 1. The van der Waals surface area contributed by atoms with Gasteiger partial charge in [-0.15, -0.1) is 6.58 Å². The first kappa shape index (κ1) is 18.3. The monoisotopic (exact) mass is 351 g/mol. The van der Waals surface area contributed by atoms with E-state index in [0.717, 1.165) is 17.1 Å². The van der Waals surface area contributed by atoms with Crippen LogP contribution in [0.3, 0.4) is 0 Å². The molecule has 0 radical (unpaired) electrons. The fraction of sp³-hybridized carbons (Fsp3) is 0.562. The number of carbonyl (C=O) groups excluding carboxylic acids is 1. The van der Waals surface area contributed by atoms with Crippen molar-refractivity contribution in [3.8, 4) is 0 Å². The van der Waals surface area contributed by atoms with Gasteiger partial charge in [0.25, 0.3) is 0 Å². The first-order valence-corrected chi connectivity index (χ1v) is 8.30. The number of hydrogen-bond acceptors (Lipinski definition) is 4. The Bertz CT molecular complexity index is 648. The van der Waals surface area contributed by atoms with Crippen LogP contribution < -0.4 is 10.6 Å². The van der Waals surface area contributed by atoms with Crippen LogP contribution >= 0.6 is 12.2 Å². The summed E-state index contributed by atoms with van der Waals surface area (Å²) < 4.78 is 7.22. The average molecular weight is 351 g/mol. The Balaban J connectivity index is 2.13. The van der Waals surface area contributed by atoms with Gasteiger partial charge in [0.15, 0.2) is 5.11 Å². The van der Waals surface area contributed by atoms with Crippen molar-refractivity contribution in [1.82, 2.24) is 20.0 Å². The molecule has 7 nitrogen and oxygen atoms in total. The SMILES string of the molecule is C=CCNC(=S)Nc1c2c(nn1C)CCN(C(=O)OC(C)(C)C)C2. The van der Waals surface area contributed by atoms with Gasteiger partial charge >= 0.3 is 6.09 Å². The normalized spacial score (nSPS) is 13.9. The standard InChI is InChI=1S/C16H25N5O2S/c1-6-8-17-14(24)18-13-11-10-21(15(22)23-16(2,3)4)9-7-12(11)19-20(13)5/h6H,1,7-10H2,2-5H3,(H2,17,18,24). The molecule has 0 spiro atoms. The van der Waals surface area contributed by atoms with E-state index in [1.165, 1.54) is 0 Å². The summed E-state index contributed by atoms with van der Waals surface area (Å²) in [6.07, 6.45) is 2.11. The van der Waals surface area contributed by atoms with Gasteiger partial charge in [0.2, 0.25) is 0 Å². The molecular weight excluding hydrogens is 326 g/mol. The van der Waals surface area contributed by atoms with E-state index in [4.69, 9.17) is 17.0 Å². The third-order valence-corrected chi connectivity index (χ3v) is 3.73. The maximum atomic E-state index is 12.3. The lowest BCUT2D eigenvalue weighted by atomic mass is 10.1. The molecule has 0 atom stereocenters. The Morgan fingerprint density at radius 1 is 1.50 bits per heavy atom. The number of nitrogens with zero attached hydrogens (tertiary/aromatic N) is 3. The zero-order chi connectivity index (χ0) is 17.9. The molecular formula is C16H25N5O2S. The highest BCUT2D eigenvalue weighted by Gasteiger charge is 2.29. The lowest BCUT2D eigenvalue weighted by Crippen LogP contribution is -2.40. The molecule has 0 aromatic carbocycles. The van der Waals surface area contributed by atoms with Gasteiger partial charge in [0.1, 0.15) is 11.4 Å². The summed E-state index contributed by atoms with van der Waals surface area (Å²) in [5.41, 5.74) is 1.44. The quantitative estimate of drug-likeness (QED) is 0.642. The van der Waals surface area contributed by atoms with E-state index in [2.05, 4.69) is 22.3 Å². The van der Waals surface area contributed by atoms with E-state index in [0.29, 0.717) is 31.2 Å². The minimum absolute atomic E-state index is 0.310. The number of aromatic nitrogens is 2. The minimum atomic E-state index is -0.510. The Labute approximate surface area is 148 Å². The average Bonchev–Trinajstić information content (AvgIpc) is 2.78. The Morgan fingerprint density at radius 2 is 2.21 bits per heavy atom. The maximum Gasteiger partial charge on any atom is 0.410 e. The van der Waals surface area contributed by atoms with Crippen LogP contribution in [0, 0.1) is 0 Å². The summed E-state index contributed by atoms with van der Waals surface area (Å²) in [5, 5.41) is 11.2. The number of hydrogen-bond donors (Lipinski definition) is 2. The van der Waals surface area contributed by atoms with Gasteiger partial charge in [-0.05, 0) is 33.0 Å². The lowest BCUT2D eigenvalue weighted by molar-refractivity contribution is 0.0224. The van der Waals surface area contributed by atoms with Gasteiger partial charge < -0.3 is 20.3 Å². The van der Waals surface area contributed by atoms with Gasteiger partial charge in [-0.2, -0.15) is 5.10 Å². The third kappa shape index (κ3) is 4.47. The van der Waals surface area contributed by atoms with Crippen LogP contribution in [-0.4, -0.2) is 44.6 Å². The molecule has 0 bridgehead atoms. The second kappa shape index (κ2) is 7.21. The fourth-order valence-electron chi connectivity index (χ4n) is 2.46. The second-order valence-corrected chi connectivity index (χ2v) is 7.08. The topological polar surface area (TPSA) is 71.4 Å². The van der Waals surface area contributed by atoms with Crippen LogP contribution in [0.4, 0.5) is 10.6 Å². The molecule has 132 valence electrons. The molecule has 1 aliphatic rings. The number of nitrogens with one attached hydrogen (secondary N) is 2. The van der Waals surface area contributed by atoms with Crippen molar-refractivity contribution < 1.29 is 9.53 Å². The van der Waals surface area contributed by atoms with Crippen molar-refractivity contribution in [3.05, 3.63) is 23.9 Å². The number of carbonyl (C=O) groups is 1. The van der Waals surface area contributed by atoms with E-state index in [1.54, 1.807) is 15.7 Å². The van der Waals surface area contributed by atoms with Crippen molar-refractivity contribution in [2.24, 2.45) is 7.05 Å². The van der Waals surface area contributed by atoms with Crippen molar-refractivity contribution in [3.63, 3.8) is 0 Å². The molecule has 8 heteroatoms. The highest BCUT2D eigenvalue weighted by molar-refractivity contribution is 7.80. The number of anilines is 1. The fourth-order valence-corrected chi connectivity index (χ4v) is 2.64. The Hall–Kier alpha value is -2.09. The minimum Gasteiger partial charge on any atom is -0.444 e. The largest absolute Gasteiger partial charge is 0.444 e. The summed E-state index contributed by atoms with van der Waals surface area (Å²) in [6.45, 7) is 10.9. The van der Waals surface area contributed by atoms with E-state index in [-0.39, 0.29) is 6.09 Å². The van der Waals surface area contributed by atoms with Crippen molar-refractivity contribution >= 4 is 29.2 Å². The number of aryl methyl sites for hydroxylation is 1. The van der Waals surface area contributed by atoms with Crippen molar-refractivity contribution in [1.29, 1.82) is 0 Å². The highest BCUT2D eigenvalue weighted by Crippen LogP contribution is 2.26. The molecule has 2 rings (SSSR count). The molecule has 2 heterocycles. The van der Waals surface area contributed by atoms with Crippen molar-refractivity contribution in [2.45, 2.75) is 39.3 Å². The maximum absolute atomic E-state index is 12.3. The van der Waals surface area contributed by atoms with Crippen LogP contribution in [0.5, 0.6) is 0 Å². The summed E-state index contributed by atoms with van der Waals surface area (Å²) in [4.78, 5) is 14.0. The molecule has 2 N–H and O–H groups in total. The van der Waals surface area contributed by atoms with E-state index >= 15 is 0 Å². The Kier molecular flexibility index (Phi) is 5.48. The van der Waals surface area contributed by atoms with Crippen LogP contribution in [0.1, 0.15) is 32.0 Å². The van der Waals surface area contributed by atoms with Crippen LogP contribution in [0.15, 0.2) is 12.7 Å². The summed E-state index contributed by atoms with van der Waals surface area (Å²) in [6, 6.07) is 0. The first-order chi connectivity index (χ1) is 11.2. The van der Waals surface area contributed by atoms with Crippen molar-refractivity contribution in [2.75, 3.05) is 18.4 Å². The molecule has 0 aliphatic carbocycles. The van der Waals surface area contributed by atoms with Gasteiger partial charge in [-0.1, -0.05) is 6.08 Å². The molecule has 1 aromatic rings. The molecule has 1 aromatic heterocycles. The third-order valence-electron chi connectivity index (χ3n) is 3.49.